The Morgan fingerprint density at radius 2 is 2.00 bits per heavy atom. The molecule has 7 atom stereocenters. The topological polar surface area (TPSA) is 98.6 Å². The lowest BCUT2D eigenvalue weighted by atomic mass is 9.45. The zero-order chi connectivity index (χ0) is 21.6. The van der Waals surface area contributed by atoms with Crippen molar-refractivity contribution >= 4 is 5.71 Å². The third-order valence-electron chi connectivity index (χ3n) is 9.85. The number of rotatable bonds is 5. The van der Waals surface area contributed by atoms with E-state index >= 15 is 0 Å². The van der Waals surface area contributed by atoms with Crippen LogP contribution in [0.4, 0.5) is 0 Å². The van der Waals surface area contributed by atoms with Crippen LogP contribution >= 0.6 is 0 Å². The first-order valence-electron chi connectivity index (χ1n) is 12.4. The van der Waals surface area contributed by atoms with Crippen LogP contribution in [0.25, 0.3) is 0 Å². The zero-order valence-electron chi connectivity index (χ0n) is 19.2. The van der Waals surface area contributed by atoms with Crippen molar-refractivity contribution in [1.82, 2.24) is 15.0 Å². The van der Waals surface area contributed by atoms with Gasteiger partial charge < -0.3 is 15.7 Å². The van der Waals surface area contributed by atoms with Crippen molar-refractivity contribution < 1.29 is 9.94 Å². The minimum Gasteiger partial charge on any atom is -0.394 e. The molecule has 0 spiro atoms. The number of nitrogens with zero attached hydrogens (tertiary/aromatic N) is 4. The smallest absolute Gasteiger partial charge is 0.136 e. The van der Waals surface area contributed by atoms with Gasteiger partial charge in [0, 0.05) is 12.7 Å². The van der Waals surface area contributed by atoms with Gasteiger partial charge in [0.15, 0.2) is 0 Å². The lowest BCUT2D eigenvalue weighted by Crippen LogP contribution is -2.54. The van der Waals surface area contributed by atoms with Gasteiger partial charge in [0.2, 0.25) is 0 Å². The van der Waals surface area contributed by atoms with E-state index in [1.165, 1.54) is 44.2 Å². The van der Waals surface area contributed by atoms with E-state index in [0.717, 1.165) is 48.6 Å². The quantitative estimate of drug-likeness (QED) is 0.551. The van der Waals surface area contributed by atoms with Crippen molar-refractivity contribution in [2.45, 2.75) is 90.8 Å². The van der Waals surface area contributed by atoms with Gasteiger partial charge in [0.05, 0.1) is 24.1 Å². The summed E-state index contributed by atoms with van der Waals surface area (Å²) in [4.78, 5) is 5.66. The number of hydrogen-bond acceptors (Lipinski definition) is 6. The predicted molar refractivity (Wildman–Crippen MR) is 119 cm³/mol. The highest BCUT2D eigenvalue weighted by atomic mass is 16.6. The van der Waals surface area contributed by atoms with Crippen molar-refractivity contribution in [3.63, 3.8) is 0 Å². The normalized spacial score (nSPS) is 43.4. The number of hydrogen-bond donors (Lipinski definition) is 2. The summed E-state index contributed by atoms with van der Waals surface area (Å²) in [5, 5.41) is 23.2. The van der Waals surface area contributed by atoms with E-state index in [1.807, 2.05) is 6.20 Å². The van der Waals surface area contributed by atoms with Gasteiger partial charge >= 0.3 is 0 Å². The number of aliphatic hydroxyl groups is 1. The Hall–Kier alpha value is -1.47. The number of fused-ring (bicyclic) bond motifs is 5. The molecule has 172 valence electrons. The third kappa shape index (κ3) is 3.62. The highest BCUT2D eigenvalue weighted by Crippen LogP contribution is 2.65. The van der Waals surface area contributed by atoms with Gasteiger partial charge in [-0.1, -0.05) is 24.2 Å². The van der Waals surface area contributed by atoms with Crippen molar-refractivity contribution in [2.75, 3.05) is 6.61 Å². The number of aliphatic hydroxyl groups excluding tert-OH is 1. The average Bonchev–Trinajstić information content (AvgIpc) is 3.35. The fourth-order valence-electron chi connectivity index (χ4n) is 7.93. The Bertz CT molecular complexity index is 825. The molecule has 0 aromatic carbocycles. The monoisotopic (exact) mass is 429 g/mol. The van der Waals surface area contributed by atoms with E-state index in [4.69, 9.17) is 10.6 Å². The zero-order valence-corrected chi connectivity index (χ0v) is 19.2. The van der Waals surface area contributed by atoms with Gasteiger partial charge in [-0.15, -0.1) is 5.10 Å². The van der Waals surface area contributed by atoms with Gasteiger partial charge in [0.1, 0.15) is 6.61 Å². The van der Waals surface area contributed by atoms with Crippen LogP contribution in [-0.2, 0) is 17.9 Å². The molecule has 5 rings (SSSR count). The predicted octanol–water partition coefficient (Wildman–Crippen LogP) is 3.51. The molecule has 0 saturated heterocycles. The Morgan fingerprint density at radius 1 is 1.16 bits per heavy atom. The Kier molecular flexibility index (Phi) is 5.62. The SMILES string of the molecule is CC12CC[C@H]3C(CCC4CC(=NOCCn5cc(CN)nn5)CCC43C)C1CCC2O. The van der Waals surface area contributed by atoms with Gasteiger partial charge in [-0.25, -0.2) is 4.68 Å². The van der Waals surface area contributed by atoms with Crippen molar-refractivity contribution in [2.24, 2.45) is 45.4 Å². The van der Waals surface area contributed by atoms with Crippen LogP contribution in [0.5, 0.6) is 0 Å². The molecule has 1 aromatic heterocycles. The van der Waals surface area contributed by atoms with Crippen LogP contribution in [-0.4, -0.2) is 38.5 Å². The molecule has 1 aromatic rings. The lowest BCUT2D eigenvalue weighted by Gasteiger charge is -2.60. The number of nitrogens with two attached hydrogens (primary N) is 1. The molecule has 31 heavy (non-hydrogen) atoms. The maximum absolute atomic E-state index is 10.7. The van der Waals surface area contributed by atoms with Crippen LogP contribution in [0.1, 0.15) is 77.3 Å². The van der Waals surface area contributed by atoms with Crippen molar-refractivity contribution in [3.05, 3.63) is 11.9 Å². The van der Waals surface area contributed by atoms with Gasteiger partial charge in [-0.3, -0.25) is 0 Å². The summed E-state index contributed by atoms with van der Waals surface area (Å²) in [5.41, 5.74) is 8.21. The fourth-order valence-corrected chi connectivity index (χ4v) is 7.93. The molecule has 3 N–H and O–H groups in total. The summed E-state index contributed by atoms with van der Waals surface area (Å²) < 4.78 is 1.76. The molecule has 0 aliphatic heterocycles. The number of oxime groups is 1. The minimum atomic E-state index is -0.0781. The Morgan fingerprint density at radius 3 is 2.81 bits per heavy atom. The maximum Gasteiger partial charge on any atom is 0.136 e. The average molecular weight is 430 g/mol. The molecule has 4 fully saturated rings. The van der Waals surface area contributed by atoms with E-state index < -0.39 is 0 Å². The Balaban J connectivity index is 1.19. The van der Waals surface area contributed by atoms with Crippen LogP contribution in [0, 0.1) is 34.5 Å². The van der Waals surface area contributed by atoms with E-state index in [2.05, 4.69) is 29.3 Å². The molecule has 7 heteroatoms. The summed E-state index contributed by atoms with van der Waals surface area (Å²) in [6.07, 6.45) is 12.6. The second kappa shape index (κ2) is 8.14. The van der Waals surface area contributed by atoms with Gasteiger partial charge in [-0.05, 0) is 92.3 Å². The molecule has 1 heterocycles. The summed E-state index contributed by atoms with van der Waals surface area (Å²) in [6, 6.07) is 0. The number of aromatic nitrogens is 3. The second-order valence-electron chi connectivity index (χ2n) is 11.2. The van der Waals surface area contributed by atoms with E-state index in [1.54, 1.807) is 4.68 Å². The molecule has 6 unspecified atom stereocenters. The third-order valence-corrected chi connectivity index (χ3v) is 9.85. The van der Waals surface area contributed by atoms with E-state index in [9.17, 15) is 5.11 Å². The summed E-state index contributed by atoms with van der Waals surface area (Å²) in [6.45, 7) is 6.50. The highest BCUT2D eigenvalue weighted by molar-refractivity contribution is 5.85. The molecule has 7 nitrogen and oxygen atoms in total. The second-order valence-corrected chi connectivity index (χ2v) is 11.2. The summed E-state index contributed by atoms with van der Waals surface area (Å²) >= 11 is 0. The van der Waals surface area contributed by atoms with Gasteiger partial charge in [0.25, 0.3) is 0 Å². The fraction of sp³-hybridized carbons (Fsp3) is 0.875. The van der Waals surface area contributed by atoms with Crippen molar-refractivity contribution in [3.8, 4) is 0 Å². The summed E-state index contributed by atoms with van der Waals surface area (Å²) in [5.74, 6) is 3.09. The molecule has 0 radical (unpaired) electrons. The molecule has 4 aliphatic rings. The van der Waals surface area contributed by atoms with E-state index in [-0.39, 0.29) is 11.5 Å². The first-order chi connectivity index (χ1) is 14.9. The Labute approximate surface area is 185 Å². The van der Waals surface area contributed by atoms with Crippen LogP contribution in [0.3, 0.4) is 0 Å². The highest BCUT2D eigenvalue weighted by Gasteiger charge is 2.59. The molecule has 0 amide bonds. The molecular formula is C24H39N5O2. The van der Waals surface area contributed by atoms with Crippen LogP contribution < -0.4 is 5.73 Å². The van der Waals surface area contributed by atoms with Crippen LogP contribution in [0.2, 0.25) is 0 Å². The first-order valence-corrected chi connectivity index (χ1v) is 12.4. The minimum absolute atomic E-state index is 0.0781. The largest absolute Gasteiger partial charge is 0.394 e. The maximum atomic E-state index is 10.7. The van der Waals surface area contributed by atoms with Gasteiger partial charge in [-0.2, -0.15) is 0 Å². The molecule has 4 aliphatic carbocycles. The molecule has 4 saturated carbocycles. The molecule has 0 bridgehead atoms. The first kappa shape index (κ1) is 21.4. The molecular weight excluding hydrogens is 390 g/mol. The van der Waals surface area contributed by atoms with Crippen molar-refractivity contribution in [1.29, 1.82) is 0 Å². The van der Waals surface area contributed by atoms with Crippen LogP contribution in [0.15, 0.2) is 11.4 Å². The lowest BCUT2D eigenvalue weighted by molar-refractivity contribution is -0.112. The summed E-state index contributed by atoms with van der Waals surface area (Å²) in [7, 11) is 0. The van der Waals surface area contributed by atoms with E-state index in [0.29, 0.717) is 25.1 Å². The standard InChI is InChI=1S/C24H39N5O2/c1-23-9-7-17(27-31-12-11-29-15-18(14-25)26-28-29)13-16(23)3-4-19-20-5-6-22(30)24(20,2)10-8-21(19)23/h15-16,19-22,30H,3-14,25H2,1-2H3/t16?,19?,20?,21-,22?,23?,24?/m0/s1.